The first-order valence-electron chi connectivity index (χ1n) is 12.9. The monoisotopic (exact) mass is 535 g/mol. The van der Waals surface area contributed by atoms with Gasteiger partial charge in [-0.3, -0.25) is 9.78 Å². The van der Waals surface area contributed by atoms with E-state index in [4.69, 9.17) is 4.74 Å². The molecule has 2 atom stereocenters. The van der Waals surface area contributed by atoms with Crippen LogP contribution in [0.1, 0.15) is 30.6 Å². The number of amides is 1. The summed E-state index contributed by atoms with van der Waals surface area (Å²) in [6, 6.07) is 7.91. The topological polar surface area (TPSA) is 100 Å². The van der Waals surface area contributed by atoms with E-state index in [1.807, 2.05) is 48.7 Å². The van der Waals surface area contributed by atoms with Crippen LogP contribution in [0.25, 0.3) is 10.9 Å². The lowest BCUT2D eigenvalue weighted by Crippen LogP contribution is -2.49. The summed E-state index contributed by atoms with van der Waals surface area (Å²) in [6.07, 6.45) is -2.46. The Morgan fingerprint density at radius 1 is 1.18 bits per heavy atom. The number of piperidine rings is 1. The van der Waals surface area contributed by atoms with Gasteiger partial charge < -0.3 is 19.1 Å². The van der Waals surface area contributed by atoms with Gasteiger partial charge in [-0.2, -0.15) is 18.4 Å². The summed E-state index contributed by atoms with van der Waals surface area (Å²) in [5.41, 5.74) is 1.96. The molecule has 0 spiro atoms. The second-order valence-corrected chi connectivity index (χ2v) is 11.2. The van der Waals surface area contributed by atoms with Crippen LogP contribution < -0.4 is 9.64 Å². The molecule has 1 fully saturated rings. The Bertz CT molecular complexity index is 1470. The van der Waals surface area contributed by atoms with Gasteiger partial charge in [-0.05, 0) is 24.5 Å². The highest BCUT2D eigenvalue weighted by molar-refractivity contribution is 6.58. The molecule has 1 aromatic carbocycles. The third kappa shape index (κ3) is 5.29. The van der Waals surface area contributed by atoms with Crippen molar-refractivity contribution in [2.45, 2.75) is 37.9 Å². The van der Waals surface area contributed by atoms with Crippen molar-refractivity contribution in [3.8, 4) is 11.8 Å². The summed E-state index contributed by atoms with van der Waals surface area (Å²) in [4.78, 5) is 21.7. The van der Waals surface area contributed by atoms with Gasteiger partial charge in [-0.15, -0.1) is 10.2 Å². The minimum atomic E-state index is -4.58. The maximum absolute atomic E-state index is 13.5. The summed E-state index contributed by atoms with van der Waals surface area (Å²) in [6.45, 7) is 3.27. The van der Waals surface area contributed by atoms with E-state index in [1.54, 1.807) is 11.1 Å². The molecule has 1 saturated heterocycles. The molecule has 39 heavy (non-hydrogen) atoms. The SMILES string of the molecule is BC(B)(B)Oc1ccc2c(N3CCC(C(=O)N4CCn5c(nnc5C(F)(F)F)C4)C(C)C3)c(C#N)cnc2c1. The zero-order chi connectivity index (χ0) is 28.1. The Balaban J connectivity index is 1.33. The first-order chi connectivity index (χ1) is 18.4. The average molecular weight is 535 g/mol. The van der Waals surface area contributed by atoms with Gasteiger partial charge in [0.1, 0.15) is 35.4 Å². The van der Waals surface area contributed by atoms with Crippen LogP contribution in [0.5, 0.6) is 5.75 Å². The number of ether oxygens (including phenoxy) is 1. The van der Waals surface area contributed by atoms with E-state index in [9.17, 15) is 23.2 Å². The largest absolute Gasteiger partial charge is 0.514 e. The number of nitriles is 1. The molecule has 9 nitrogen and oxygen atoms in total. The first kappa shape index (κ1) is 26.9. The predicted molar refractivity (Wildman–Crippen MR) is 145 cm³/mol. The summed E-state index contributed by atoms with van der Waals surface area (Å²) >= 11 is 0. The number of halogens is 3. The molecule has 0 N–H and O–H groups in total. The minimum absolute atomic E-state index is 0.00138. The van der Waals surface area contributed by atoms with Crippen LogP contribution in [-0.4, -0.2) is 79.0 Å². The molecule has 15 heteroatoms. The van der Waals surface area contributed by atoms with Crippen molar-refractivity contribution in [1.29, 1.82) is 5.26 Å². The molecule has 5 rings (SSSR count). The zero-order valence-corrected chi connectivity index (χ0v) is 22.3. The molecule has 4 heterocycles. The predicted octanol–water partition coefficient (Wildman–Crippen LogP) is 0.111. The van der Waals surface area contributed by atoms with Crippen molar-refractivity contribution in [2.75, 3.05) is 24.5 Å². The van der Waals surface area contributed by atoms with Crippen LogP contribution in [0.4, 0.5) is 18.9 Å². The summed E-state index contributed by atoms with van der Waals surface area (Å²) < 4.78 is 46.6. The molecule has 0 bridgehead atoms. The Hall–Kier alpha value is -3.69. The van der Waals surface area contributed by atoms with E-state index in [2.05, 4.69) is 26.2 Å². The van der Waals surface area contributed by atoms with Crippen LogP contribution in [0.15, 0.2) is 24.4 Å². The molecule has 0 radical (unpaired) electrons. The molecular formula is C24H27B3F3N7O2. The maximum Gasteiger partial charge on any atom is 0.451 e. The van der Waals surface area contributed by atoms with E-state index >= 15 is 0 Å². The Morgan fingerprint density at radius 2 is 1.95 bits per heavy atom. The number of pyridine rings is 1. The second kappa shape index (κ2) is 9.81. The number of benzene rings is 1. The first-order valence-corrected chi connectivity index (χ1v) is 12.9. The summed E-state index contributed by atoms with van der Waals surface area (Å²) in [5.74, 6) is -0.618. The number of carbonyl (C=O) groups excluding carboxylic acids is 1. The number of hydrogen-bond acceptors (Lipinski definition) is 7. The van der Waals surface area contributed by atoms with Crippen molar-refractivity contribution in [3.05, 3.63) is 41.6 Å². The highest BCUT2D eigenvalue weighted by Gasteiger charge is 2.41. The molecule has 1 amide bonds. The van der Waals surface area contributed by atoms with Crippen molar-refractivity contribution >= 4 is 46.0 Å². The minimum Gasteiger partial charge on any atom is -0.514 e. The fourth-order valence-corrected chi connectivity index (χ4v) is 5.50. The van der Waals surface area contributed by atoms with E-state index in [-0.39, 0.29) is 48.5 Å². The van der Waals surface area contributed by atoms with E-state index in [0.29, 0.717) is 36.3 Å². The third-order valence-corrected chi connectivity index (χ3v) is 7.21. The summed E-state index contributed by atoms with van der Waals surface area (Å²) in [5, 5.41) is 17.3. The van der Waals surface area contributed by atoms with E-state index in [1.165, 1.54) is 0 Å². The van der Waals surface area contributed by atoms with Crippen LogP contribution in [0.3, 0.4) is 0 Å². The van der Waals surface area contributed by atoms with Gasteiger partial charge in [0.25, 0.3) is 0 Å². The molecule has 2 unspecified atom stereocenters. The quantitative estimate of drug-likeness (QED) is 0.438. The normalized spacial score (nSPS) is 20.0. The number of fused-ring (bicyclic) bond motifs is 2. The van der Waals surface area contributed by atoms with Gasteiger partial charge in [0.15, 0.2) is 5.82 Å². The van der Waals surface area contributed by atoms with Crippen molar-refractivity contribution in [1.82, 2.24) is 24.6 Å². The number of alkyl halides is 3. The van der Waals surface area contributed by atoms with Gasteiger partial charge in [-0.1, -0.05) is 6.92 Å². The lowest BCUT2D eigenvalue weighted by Gasteiger charge is -2.40. The van der Waals surface area contributed by atoms with Crippen LogP contribution in [-0.2, 0) is 24.1 Å². The Kier molecular flexibility index (Phi) is 6.77. The lowest BCUT2D eigenvalue weighted by molar-refractivity contribution is -0.148. The Morgan fingerprint density at radius 3 is 2.62 bits per heavy atom. The summed E-state index contributed by atoms with van der Waals surface area (Å²) in [7, 11) is 5.91. The standard InChI is InChI=1S/C24H27B3F3N7O2/c1-13-11-35(20-14(9-31)10-32-18-8-15(2-3-17(18)20)39-24(25,26)27)5-4-16(13)21(38)36-6-7-37-19(12-36)33-34-22(37)23(28,29)30/h2-3,8,10,13,16H,4-7,11-12,25-27H2,1H3. The molecule has 200 valence electrons. The molecule has 0 aliphatic carbocycles. The van der Waals surface area contributed by atoms with Crippen molar-refractivity contribution in [2.24, 2.45) is 11.8 Å². The highest BCUT2D eigenvalue weighted by Crippen LogP contribution is 2.37. The molecule has 0 saturated carbocycles. The number of nitrogens with zero attached hydrogens (tertiary/aromatic N) is 7. The smallest absolute Gasteiger partial charge is 0.451 e. The van der Waals surface area contributed by atoms with E-state index < -0.39 is 12.0 Å². The van der Waals surface area contributed by atoms with Gasteiger partial charge >= 0.3 is 6.18 Å². The van der Waals surface area contributed by atoms with Crippen molar-refractivity contribution < 1.29 is 22.7 Å². The third-order valence-electron chi connectivity index (χ3n) is 7.21. The number of aromatic nitrogens is 4. The van der Waals surface area contributed by atoms with E-state index in [0.717, 1.165) is 15.6 Å². The lowest BCUT2D eigenvalue weighted by atomic mass is 9.52. The van der Waals surface area contributed by atoms with Gasteiger partial charge in [0.2, 0.25) is 11.7 Å². The number of anilines is 1. The number of hydrogen-bond donors (Lipinski definition) is 0. The molecular weight excluding hydrogens is 508 g/mol. The van der Waals surface area contributed by atoms with Gasteiger partial charge in [0.05, 0.1) is 23.3 Å². The molecule has 3 aromatic rings. The Labute approximate surface area is 226 Å². The fourth-order valence-electron chi connectivity index (χ4n) is 5.50. The molecule has 2 aromatic heterocycles. The average Bonchev–Trinajstić information content (AvgIpc) is 3.30. The highest BCUT2D eigenvalue weighted by atomic mass is 19.4. The van der Waals surface area contributed by atoms with Gasteiger partial charge in [-0.25, -0.2) is 0 Å². The molecule has 2 aliphatic heterocycles. The van der Waals surface area contributed by atoms with Crippen LogP contribution >= 0.6 is 0 Å². The van der Waals surface area contributed by atoms with Gasteiger partial charge in [0, 0.05) is 55.0 Å². The van der Waals surface area contributed by atoms with Crippen LogP contribution in [0, 0.1) is 23.2 Å². The van der Waals surface area contributed by atoms with Crippen molar-refractivity contribution in [3.63, 3.8) is 0 Å². The molecule has 2 aliphatic rings. The number of carbonyl (C=O) groups is 1. The van der Waals surface area contributed by atoms with Crippen LogP contribution in [0.2, 0.25) is 0 Å². The number of rotatable bonds is 4. The second-order valence-electron chi connectivity index (χ2n) is 11.2. The zero-order valence-electron chi connectivity index (χ0n) is 22.3. The maximum atomic E-state index is 13.5. The fraction of sp³-hybridized carbons (Fsp3) is 0.458.